The van der Waals surface area contributed by atoms with Crippen molar-refractivity contribution >= 4 is 32.7 Å². The Labute approximate surface area is 239 Å². The standard InChI is InChI=1S/C29H35N7O4S/c1-5-17-35-27(37)23-18-30-28(33-26(23)36(35)25-8-6-7-24(32-25)29(2,3)38)31-21-13-9-19(10-14-21)20-11-15-22(16-12-20)34-41(4,39)40/h5-10,13-14,18,20,22,34,38H,1,11-12,15-17H2,2-4H3,(H,30,31,33). The second-order valence-corrected chi connectivity index (χ2v) is 12.8. The smallest absolute Gasteiger partial charge is 0.278 e. The number of hydrogen-bond donors (Lipinski definition) is 3. The van der Waals surface area contributed by atoms with Gasteiger partial charge in [0.25, 0.3) is 5.56 Å². The van der Waals surface area contributed by atoms with Crippen molar-refractivity contribution in [2.24, 2.45) is 0 Å². The summed E-state index contributed by atoms with van der Waals surface area (Å²) in [4.78, 5) is 26.9. The zero-order chi connectivity index (χ0) is 29.4. The van der Waals surface area contributed by atoms with E-state index >= 15 is 0 Å². The number of pyridine rings is 1. The predicted octanol–water partition coefficient (Wildman–Crippen LogP) is 3.71. The Hall–Kier alpha value is -3.87. The zero-order valence-electron chi connectivity index (χ0n) is 23.4. The number of allylic oxidation sites excluding steroid dienone is 1. The van der Waals surface area contributed by atoms with Crippen molar-refractivity contribution in [1.29, 1.82) is 0 Å². The molecule has 41 heavy (non-hydrogen) atoms. The van der Waals surface area contributed by atoms with E-state index in [0.717, 1.165) is 31.4 Å². The van der Waals surface area contributed by atoms with Gasteiger partial charge in [0.1, 0.15) is 11.0 Å². The second kappa shape index (κ2) is 11.2. The molecule has 0 bridgehead atoms. The number of aliphatic hydroxyl groups is 1. The van der Waals surface area contributed by atoms with Crippen LogP contribution in [0.4, 0.5) is 11.6 Å². The van der Waals surface area contributed by atoms with Gasteiger partial charge in [-0.3, -0.25) is 4.79 Å². The molecule has 0 unspecified atom stereocenters. The Morgan fingerprint density at radius 1 is 1.10 bits per heavy atom. The Kier molecular flexibility index (Phi) is 7.82. The summed E-state index contributed by atoms with van der Waals surface area (Å²) in [5.74, 6) is 1.13. The van der Waals surface area contributed by atoms with E-state index in [1.54, 1.807) is 42.8 Å². The van der Waals surface area contributed by atoms with Gasteiger partial charge in [0, 0.05) is 17.9 Å². The molecule has 3 N–H and O–H groups in total. The van der Waals surface area contributed by atoms with Crippen LogP contribution < -0.4 is 15.6 Å². The van der Waals surface area contributed by atoms with Gasteiger partial charge < -0.3 is 10.4 Å². The monoisotopic (exact) mass is 577 g/mol. The van der Waals surface area contributed by atoms with Gasteiger partial charge in [-0.2, -0.15) is 4.98 Å². The molecule has 3 aromatic heterocycles. The minimum atomic E-state index is -3.19. The summed E-state index contributed by atoms with van der Waals surface area (Å²) in [7, 11) is -3.19. The van der Waals surface area contributed by atoms with Gasteiger partial charge in [-0.25, -0.2) is 32.5 Å². The molecule has 12 heteroatoms. The molecule has 216 valence electrons. The van der Waals surface area contributed by atoms with E-state index in [9.17, 15) is 18.3 Å². The van der Waals surface area contributed by atoms with E-state index in [1.807, 2.05) is 12.1 Å². The van der Waals surface area contributed by atoms with Gasteiger partial charge in [0.2, 0.25) is 16.0 Å². The van der Waals surface area contributed by atoms with Gasteiger partial charge in [0.15, 0.2) is 11.5 Å². The van der Waals surface area contributed by atoms with Crippen LogP contribution in [0.25, 0.3) is 16.9 Å². The van der Waals surface area contributed by atoms with Crippen LogP contribution in [0.15, 0.2) is 66.1 Å². The van der Waals surface area contributed by atoms with Crippen molar-refractivity contribution in [3.63, 3.8) is 0 Å². The molecule has 5 rings (SSSR count). The van der Waals surface area contributed by atoms with Crippen molar-refractivity contribution in [2.75, 3.05) is 11.6 Å². The van der Waals surface area contributed by atoms with Crippen molar-refractivity contribution < 1.29 is 13.5 Å². The van der Waals surface area contributed by atoms with Crippen molar-refractivity contribution in [2.45, 2.75) is 63.6 Å². The molecule has 1 aliphatic rings. The lowest BCUT2D eigenvalue weighted by Crippen LogP contribution is -2.36. The fourth-order valence-electron chi connectivity index (χ4n) is 5.31. The number of rotatable bonds is 9. The molecule has 11 nitrogen and oxygen atoms in total. The van der Waals surface area contributed by atoms with E-state index in [2.05, 4.69) is 43.7 Å². The third-order valence-electron chi connectivity index (χ3n) is 7.30. The molecule has 1 aliphatic carbocycles. The molecule has 0 aliphatic heterocycles. The highest BCUT2D eigenvalue weighted by Gasteiger charge is 2.25. The van der Waals surface area contributed by atoms with Crippen LogP contribution in [-0.4, -0.2) is 50.1 Å². The number of nitrogens with one attached hydrogen (secondary N) is 2. The van der Waals surface area contributed by atoms with E-state index < -0.39 is 15.6 Å². The average molecular weight is 578 g/mol. The first-order valence-corrected chi connectivity index (χ1v) is 15.5. The normalized spacial score (nSPS) is 18.0. The van der Waals surface area contributed by atoms with Gasteiger partial charge in [-0.15, -0.1) is 6.58 Å². The van der Waals surface area contributed by atoms with Crippen LogP contribution >= 0.6 is 0 Å². The second-order valence-electron chi connectivity index (χ2n) is 11.0. The van der Waals surface area contributed by atoms with Crippen LogP contribution in [0.3, 0.4) is 0 Å². The largest absolute Gasteiger partial charge is 0.384 e. The molecular weight excluding hydrogens is 542 g/mol. The topological polar surface area (TPSA) is 144 Å². The lowest BCUT2D eigenvalue weighted by Gasteiger charge is -2.28. The number of benzene rings is 1. The summed E-state index contributed by atoms with van der Waals surface area (Å²) in [6.45, 7) is 7.32. The summed E-state index contributed by atoms with van der Waals surface area (Å²) in [5.41, 5.74) is 1.41. The number of fused-ring (bicyclic) bond motifs is 1. The molecule has 0 spiro atoms. The molecule has 0 amide bonds. The van der Waals surface area contributed by atoms with Crippen LogP contribution in [0.5, 0.6) is 0 Å². The average Bonchev–Trinajstić information content (AvgIpc) is 3.19. The molecule has 0 atom stereocenters. The van der Waals surface area contributed by atoms with Gasteiger partial charge in [-0.1, -0.05) is 24.3 Å². The highest BCUT2D eigenvalue weighted by Crippen LogP contribution is 2.34. The number of anilines is 2. The van der Waals surface area contributed by atoms with Crippen LogP contribution in [0, 0.1) is 0 Å². The van der Waals surface area contributed by atoms with Crippen molar-refractivity contribution in [3.8, 4) is 5.82 Å². The Morgan fingerprint density at radius 2 is 1.80 bits per heavy atom. The highest BCUT2D eigenvalue weighted by atomic mass is 32.2. The fraction of sp³-hybridized carbons (Fsp3) is 0.379. The minimum Gasteiger partial charge on any atom is -0.384 e. The van der Waals surface area contributed by atoms with E-state index in [-0.39, 0.29) is 18.1 Å². The van der Waals surface area contributed by atoms with E-state index in [0.29, 0.717) is 34.4 Å². The first-order valence-electron chi connectivity index (χ1n) is 13.6. The molecule has 0 radical (unpaired) electrons. The SMILES string of the molecule is C=CCn1c(=O)c2cnc(Nc3ccc(C4CCC(NS(C)(=O)=O)CC4)cc3)nc2n1-c1cccc(C(C)(C)O)n1. The predicted molar refractivity (Wildman–Crippen MR) is 159 cm³/mol. The van der Waals surface area contributed by atoms with Crippen molar-refractivity contribution in [1.82, 2.24) is 29.0 Å². The number of hydrogen-bond acceptors (Lipinski definition) is 8. The number of nitrogens with zero attached hydrogens (tertiary/aromatic N) is 5. The molecule has 1 fully saturated rings. The fourth-order valence-corrected chi connectivity index (χ4v) is 6.15. The Balaban J connectivity index is 1.40. The molecular formula is C29H35N7O4S. The van der Waals surface area contributed by atoms with Gasteiger partial charge in [-0.05, 0) is 75.3 Å². The molecule has 4 aromatic rings. The first-order chi connectivity index (χ1) is 19.4. The van der Waals surface area contributed by atoms with Crippen LogP contribution in [-0.2, 0) is 22.2 Å². The summed E-state index contributed by atoms with van der Waals surface area (Å²) >= 11 is 0. The molecule has 3 heterocycles. The van der Waals surface area contributed by atoms with Crippen molar-refractivity contribution in [3.05, 3.63) is 82.9 Å². The van der Waals surface area contributed by atoms with Gasteiger partial charge >= 0.3 is 0 Å². The third kappa shape index (κ3) is 6.39. The highest BCUT2D eigenvalue weighted by molar-refractivity contribution is 7.88. The summed E-state index contributed by atoms with van der Waals surface area (Å²) in [6.07, 6.45) is 7.79. The summed E-state index contributed by atoms with van der Waals surface area (Å²) < 4.78 is 28.9. The maximum atomic E-state index is 13.2. The summed E-state index contributed by atoms with van der Waals surface area (Å²) in [5, 5.41) is 14.1. The van der Waals surface area contributed by atoms with Crippen LogP contribution in [0.2, 0.25) is 0 Å². The lowest BCUT2D eigenvalue weighted by molar-refractivity contribution is 0.0738. The quantitative estimate of drug-likeness (QED) is 0.256. The molecule has 1 saturated carbocycles. The van der Waals surface area contributed by atoms with Crippen LogP contribution in [0.1, 0.15) is 56.7 Å². The maximum absolute atomic E-state index is 13.2. The van der Waals surface area contributed by atoms with Gasteiger partial charge in [0.05, 0.1) is 18.5 Å². The summed E-state index contributed by atoms with van der Waals surface area (Å²) in [6, 6.07) is 13.3. The Morgan fingerprint density at radius 3 is 2.44 bits per heavy atom. The van der Waals surface area contributed by atoms with E-state index in [1.165, 1.54) is 22.7 Å². The number of aromatic nitrogens is 5. The number of sulfonamides is 1. The lowest BCUT2D eigenvalue weighted by atomic mass is 9.82. The minimum absolute atomic E-state index is 0.000743. The zero-order valence-corrected chi connectivity index (χ0v) is 24.2. The molecule has 0 saturated heterocycles. The molecule has 1 aromatic carbocycles. The maximum Gasteiger partial charge on any atom is 0.278 e. The first kappa shape index (κ1) is 28.7. The van der Waals surface area contributed by atoms with E-state index in [4.69, 9.17) is 0 Å². The third-order valence-corrected chi connectivity index (χ3v) is 8.06. The Bertz CT molecular complexity index is 1730.